The van der Waals surface area contributed by atoms with Gasteiger partial charge in [0.05, 0.1) is 0 Å². The van der Waals surface area contributed by atoms with Gasteiger partial charge < -0.3 is 0 Å². The maximum absolute atomic E-state index is 0. The summed E-state index contributed by atoms with van der Waals surface area (Å²) in [6, 6.07) is 0. The molecular formula is AlB2Ti. The molecule has 0 heterocycles. The van der Waals surface area contributed by atoms with Crippen LogP contribution >= 0.6 is 0 Å². The van der Waals surface area contributed by atoms with E-state index in [4.69, 9.17) is 0 Å². The Morgan fingerprint density at radius 3 is 0.750 bits per heavy atom. The summed E-state index contributed by atoms with van der Waals surface area (Å²) in [6.07, 6.45) is 0. The van der Waals surface area contributed by atoms with Crippen molar-refractivity contribution in [3.63, 3.8) is 0 Å². The predicted octanol–water partition coefficient (Wildman–Crippen LogP) is -1.14. The van der Waals surface area contributed by atoms with E-state index in [2.05, 4.69) is 0 Å². The Morgan fingerprint density at radius 2 is 0.750 bits per heavy atom. The van der Waals surface area contributed by atoms with Crippen LogP contribution in [-0.4, -0.2) is 34.2 Å². The van der Waals surface area contributed by atoms with Crippen molar-refractivity contribution in [2.75, 3.05) is 0 Å². The van der Waals surface area contributed by atoms with Crippen molar-refractivity contribution in [1.82, 2.24) is 0 Å². The monoisotopic (exact) mass is 96.9 g/mol. The SMILES string of the molecule is [Al].[B].[B].[Ti]. The Hall–Kier alpha value is 1.38. The first-order chi connectivity index (χ1) is 0. The fourth-order valence-corrected chi connectivity index (χ4v) is 0. The normalized spacial score (nSPS) is 0. The van der Waals surface area contributed by atoms with Crippen molar-refractivity contribution in [3.8, 4) is 0 Å². The molecule has 0 amide bonds. The smallest absolute Gasteiger partial charge is 0 e. The van der Waals surface area contributed by atoms with Crippen LogP contribution in [0.2, 0.25) is 0 Å². The van der Waals surface area contributed by atoms with Gasteiger partial charge >= 0.3 is 0 Å². The quantitative estimate of drug-likeness (QED) is 0.334. The first-order valence-corrected chi connectivity index (χ1v) is 0. The van der Waals surface area contributed by atoms with E-state index in [1.54, 1.807) is 0 Å². The van der Waals surface area contributed by atoms with Crippen molar-refractivity contribution >= 4 is 34.2 Å². The third-order valence-corrected chi connectivity index (χ3v) is 0. The summed E-state index contributed by atoms with van der Waals surface area (Å²) in [5, 5.41) is 0. The van der Waals surface area contributed by atoms with Gasteiger partial charge in [-0.25, -0.2) is 0 Å². The third-order valence-electron chi connectivity index (χ3n) is 0. The molecule has 13 valence electrons. The van der Waals surface area contributed by atoms with Crippen molar-refractivity contribution in [3.05, 3.63) is 0 Å². The maximum atomic E-state index is 0. The second-order valence-electron chi connectivity index (χ2n) is 0. The van der Waals surface area contributed by atoms with E-state index in [9.17, 15) is 0 Å². The van der Waals surface area contributed by atoms with Crippen LogP contribution in [0.1, 0.15) is 0 Å². The summed E-state index contributed by atoms with van der Waals surface area (Å²) in [5.74, 6) is 0. The average molecular weight is 96.5 g/mol. The van der Waals surface area contributed by atoms with Gasteiger partial charge in [-0.3, -0.25) is 0 Å². The molecule has 4 heavy (non-hydrogen) atoms. The van der Waals surface area contributed by atoms with E-state index in [-0.39, 0.29) is 55.9 Å². The van der Waals surface area contributed by atoms with E-state index >= 15 is 0 Å². The summed E-state index contributed by atoms with van der Waals surface area (Å²) >= 11 is 0. The minimum absolute atomic E-state index is 0. The van der Waals surface area contributed by atoms with Gasteiger partial charge in [0.2, 0.25) is 0 Å². The number of rotatable bonds is 0. The largest absolute Gasteiger partial charge is 0 e. The fraction of sp³-hybridized carbons (Fsp3) is 0. The van der Waals surface area contributed by atoms with E-state index < -0.39 is 0 Å². The zero-order valence-electron chi connectivity index (χ0n) is 2.23. The second-order valence-corrected chi connectivity index (χ2v) is 0. The molecule has 0 aliphatic carbocycles. The van der Waals surface area contributed by atoms with E-state index in [1.165, 1.54) is 0 Å². The first kappa shape index (κ1) is 54.3. The van der Waals surface area contributed by atoms with Crippen LogP contribution in [0, 0.1) is 0 Å². The van der Waals surface area contributed by atoms with Gasteiger partial charge in [0.15, 0.2) is 0 Å². The Morgan fingerprint density at radius 1 is 0.750 bits per heavy atom. The van der Waals surface area contributed by atoms with E-state index in [0.717, 1.165) is 0 Å². The molecular weight excluding hydrogens is 96.5 g/mol. The molecule has 0 aromatic rings. The molecule has 0 nitrogen and oxygen atoms in total. The number of hydrogen-bond acceptors (Lipinski definition) is 0. The van der Waals surface area contributed by atoms with Gasteiger partial charge in [-0.1, -0.05) is 0 Å². The molecule has 0 rings (SSSR count). The second kappa shape index (κ2) is 26.3. The molecule has 9 radical (unpaired) electrons. The standard InChI is InChI=1S/Al.2B.Ti. The Labute approximate surface area is 55.9 Å². The molecule has 0 N–H and O–H groups in total. The van der Waals surface area contributed by atoms with Gasteiger partial charge in [-0.05, 0) is 0 Å². The van der Waals surface area contributed by atoms with E-state index in [0.29, 0.717) is 0 Å². The zero-order chi connectivity index (χ0) is 0. The van der Waals surface area contributed by atoms with Gasteiger partial charge in [-0.15, -0.1) is 0 Å². The van der Waals surface area contributed by atoms with Crippen LogP contribution in [0.3, 0.4) is 0 Å². The molecule has 0 saturated carbocycles. The Balaban J connectivity index is 0. The van der Waals surface area contributed by atoms with Crippen molar-refractivity contribution < 1.29 is 21.7 Å². The van der Waals surface area contributed by atoms with Crippen molar-refractivity contribution in [1.29, 1.82) is 0 Å². The van der Waals surface area contributed by atoms with Crippen LogP contribution in [0.4, 0.5) is 0 Å². The molecule has 0 aromatic carbocycles. The molecule has 0 unspecified atom stereocenters. The summed E-state index contributed by atoms with van der Waals surface area (Å²) in [5.41, 5.74) is 0. The summed E-state index contributed by atoms with van der Waals surface area (Å²) in [6.45, 7) is 0. The number of hydrogen-bond donors (Lipinski definition) is 0. The molecule has 0 atom stereocenters. The van der Waals surface area contributed by atoms with E-state index in [1.807, 2.05) is 0 Å². The molecule has 0 spiro atoms. The zero-order valence-corrected chi connectivity index (χ0v) is 4.95. The molecule has 0 aliphatic heterocycles. The van der Waals surface area contributed by atoms with Crippen LogP contribution in [0.15, 0.2) is 0 Å². The summed E-state index contributed by atoms with van der Waals surface area (Å²) < 4.78 is 0. The minimum atomic E-state index is 0. The molecule has 0 bridgehead atoms. The average Bonchev–Trinajstić information content (AvgIpc) is 0. The summed E-state index contributed by atoms with van der Waals surface area (Å²) in [7, 11) is 0. The van der Waals surface area contributed by atoms with Crippen molar-refractivity contribution in [2.45, 2.75) is 0 Å². The van der Waals surface area contributed by atoms with Crippen LogP contribution in [0.5, 0.6) is 0 Å². The molecule has 0 aliphatic rings. The molecule has 0 saturated heterocycles. The first-order valence-electron chi connectivity index (χ1n) is 0. The molecule has 0 fully saturated rings. The van der Waals surface area contributed by atoms with Crippen LogP contribution < -0.4 is 0 Å². The van der Waals surface area contributed by atoms with Gasteiger partial charge in [0.25, 0.3) is 0 Å². The minimum Gasteiger partial charge on any atom is 0 e. The molecule has 4 heteroatoms. The third kappa shape index (κ3) is 10.1. The fourth-order valence-electron chi connectivity index (χ4n) is 0. The van der Waals surface area contributed by atoms with Gasteiger partial charge in [0.1, 0.15) is 0 Å². The topological polar surface area (TPSA) is 0 Å². The Kier molecular flexibility index (Phi) is 358. The van der Waals surface area contributed by atoms with Crippen molar-refractivity contribution in [2.24, 2.45) is 0 Å². The van der Waals surface area contributed by atoms with Gasteiger partial charge in [0, 0.05) is 55.9 Å². The van der Waals surface area contributed by atoms with Crippen LogP contribution in [0.25, 0.3) is 0 Å². The predicted molar refractivity (Wildman–Crippen MR) is 17.3 cm³/mol. The maximum Gasteiger partial charge on any atom is 0 e. The van der Waals surface area contributed by atoms with Crippen LogP contribution in [-0.2, 0) is 21.7 Å². The van der Waals surface area contributed by atoms with Gasteiger partial charge in [-0.2, -0.15) is 0 Å². The Bertz CT molecular complexity index is 6.00. The summed E-state index contributed by atoms with van der Waals surface area (Å²) in [4.78, 5) is 0. The molecule has 0 aromatic heterocycles.